The number of nitrogens with zero attached hydrogens (tertiary/aromatic N) is 4. The second-order valence-corrected chi connectivity index (χ2v) is 16.0. The average molecular weight is 536 g/mol. The van der Waals surface area contributed by atoms with Crippen LogP contribution in [0.25, 0.3) is 16.6 Å². The number of ether oxygens (including phenoxy) is 1. The molecule has 1 fully saturated rings. The van der Waals surface area contributed by atoms with Crippen LogP contribution in [-0.4, -0.2) is 54.6 Å². The van der Waals surface area contributed by atoms with Crippen LogP contribution in [-0.2, 0) is 14.0 Å². The first-order valence-corrected chi connectivity index (χ1v) is 15.4. The van der Waals surface area contributed by atoms with Gasteiger partial charge in [-0.1, -0.05) is 44.0 Å². The summed E-state index contributed by atoms with van der Waals surface area (Å²) in [5.41, 5.74) is 1.48. The van der Waals surface area contributed by atoms with Crippen molar-refractivity contribution >= 4 is 54.2 Å². The molecule has 10 heteroatoms. The number of imidazole rings is 1. The first-order valence-electron chi connectivity index (χ1n) is 11.7. The monoisotopic (exact) mass is 534 g/mol. The molecule has 0 aliphatic carbocycles. The number of halogens is 2. The van der Waals surface area contributed by atoms with Gasteiger partial charge in [0.25, 0.3) is 0 Å². The average Bonchev–Trinajstić information content (AvgIpc) is 3.45. The fraction of sp³-hybridized carbons (Fsp3) is 0.480. The second kappa shape index (κ2) is 9.73. The zero-order chi connectivity index (χ0) is 25.5. The molecule has 0 saturated carbocycles. The fourth-order valence-electron chi connectivity index (χ4n) is 4.26. The van der Waals surface area contributed by atoms with Crippen LogP contribution >= 0.6 is 23.2 Å². The van der Waals surface area contributed by atoms with Crippen molar-refractivity contribution in [3.63, 3.8) is 0 Å². The number of aromatic nitrogens is 3. The molecular weight excluding hydrogens is 503 g/mol. The highest BCUT2D eigenvalue weighted by Crippen LogP contribution is 2.41. The number of esters is 1. The predicted molar refractivity (Wildman–Crippen MR) is 143 cm³/mol. The van der Waals surface area contributed by atoms with Gasteiger partial charge < -0.3 is 18.6 Å². The lowest BCUT2D eigenvalue weighted by Crippen LogP contribution is -2.48. The van der Waals surface area contributed by atoms with Crippen LogP contribution in [0.15, 0.2) is 36.9 Å². The van der Waals surface area contributed by atoms with Crippen molar-refractivity contribution in [1.82, 2.24) is 14.5 Å². The number of fused-ring (bicyclic) bond motifs is 1. The maximum absolute atomic E-state index is 12.5. The number of carbonyl (C=O) groups excluding carboxylic acids is 1. The van der Waals surface area contributed by atoms with Crippen molar-refractivity contribution in [2.45, 2.75) is 63.9 Å². The predicted octanol–water partition coefficient (Wildman–Crippen LogP) is 6.26. The Morgan fingerprint density at radius 1 is 1.26 bits per heavy atom. The first kappa shape index (κ1) is 25.9. The third kappa shape index (κ3) is 5.07. The largest absolute Gasteiger partial charge is 0.469 e. The van der Waals surface area contributed by atoms with Crippen molar-refractivity contribution in [2.24, 2.45) is 0 Å². The van der Waals surface area contributed by atoms with Gasteiger partial charge in [-0.05, 0) is 36.7 Å². The molecule has 2 atom stereocenters. The van der Waals surface area contributed by atoms with Crippen LogP contribution in [0, 0.1) is 0 Å². The highest BCUT2D eigenvalue weighted by atomic mass is 35.5. The van der Waals surface area contributed by atoms with Gasteiger partial charge >= 0.3 is 5.97 Å². The summed E-state index contributed by atoms with van der Waals surface area (Å²) in [6.07, 6.45) is 6.22. The number of hydrogen-bond acceptors (Lipinski definition) is 6. The lowest BCUT2D eigenvalue weighted by atomic mass is 10.1. The SMILES string of the molecule is COC(=O)C[C@@H]1[C@@H](O[Si](C)(C)C(C)(C)C)CCN1c1cc(-n2ccnc2)c2ccc(Cl)c(Cl)c2n1. The van der Waals surface area contributed by atoms with Gasteiger partial charge in [0.15, 0.2) is 8.32 Å². The van der Waals surface area contributed by atoms with Gasteiger partial charge in [0.1, 0.15) is 5.82 Å². The van der Waals surface area contributed by atoms with Gasteiger partial charge in [0, 0.05) is 30.4 Å². The van der Waals surface area contributed by atoms with Gasteiger partial charge in [0.2, 0.25) is 0 Å². The number of methoxy groups -OCH3 is 1. The van der Waals surface area contributed by atoms with E-state index in [1.165, 1.54) is 7.11 Å². The van der Waals surface area contributed by atoms with E-state index in [-0.39, 0.29) is 29.6 Å². The Bertz CT molecular complexity index is 1230. The Hall–Kier alpha value is -2.13. The fourth-order valence-corrected chi connectivity index (χ4v) is 6.01. The number of rotatable bonds is 6. The molecule has 0 spiro atoms. The summed E-state index contributed by atoms with van der Waals surface area (Å²) in [4.78, 5) is 23.7. The van der Waals surface area contributed by atoms with E-state index in [1.54, 1.807) is 18.6 Å². The molecule has 1 aliphatic rings. The van der Waals surface area contributed by atoms with Gasteiger partial charge in [-0.2, -0.15) is 0 Å². The van der Waals surface area contributed by atoms with Gasteiger partial charge in [0.05, 0.1) is 53.3 Å². The van der Waals surface area contributed by atoms with Crippen LogP contribution in [0.5, 0.6) is 0 Å². The van der Waals surface area contributed by atoms with Crippen molar-refractivity contribution in [3.05, 3.63) is 47.0 Å². The zero-order valence-corrected chi connectivity index (χ0v) is 23.5. The standard InChI is InChI=1S/C25H32Cl2N4O3Si/c1-25(2,3)35(5,6)34-20-9-11-31(19(20)14-22(32)33-4)21-13-18(30-12-10-28-15-30)16-7-8-17(26)23(27)24(16)29-21/h7-8,10,12-13,15,19-20H,9,11,14H2,1-6H3/t19-,20+/m1/s1. The van der Waals surface area contributed by atoms with E-state index in [2.05, 4.69) is 43.7 Å². The van der Waals surface area contributed by atoms with Crippen LogP contribution < -0.4 is 4.90 Å². The van der Waals surface area contributed by atoms with E-state index in [0.29, 0.717) is 27.9 Å². The summed E-state index contributed by atoms with van der Waals surface area (Å²) in [6, 6.07) is 5.48. The normalized spacial score (nSPS) is 18.9. The molecular formula is C25H32Cl2N4O3Si. The number of hydrogen-bond donors (Lipinski definition) is 0. The molecule has 0 radical (unpaired) electrons. The third-order valence-corrected chi connectivity index (χ3v) is 12.6. The lowest BCUT2D eigenvalue weighted by molar-refractivity contribution is -0.141. The minimum atomic E-state index is -2.07. The summed E-state index contributed by atoms with van der Waals surface area (Å²) in [5.74, 6) is 0.433. The molecule has 4 rings (SSSR count). The molecule has 188 valence electrons. The molecule has 1 saturated heterocycles. The van der Waals surface area contributed by atoms with Gasteiger partial charge in [-0.3, -0.25) is 4.79 Å². The van der Waals surface area contributed by atoms with Gasteiger partial charge in [-0.25, -0.2) is 9.97 Å². The number of anilines is 1. The van der Waals surface area contributed by atoms with E-state index in [0.717, 1.165) is 17.5 Å². The zero-order valence-electron chi connectivity index (χ0n) is 21.0. The molecule has 3 aromatic rings. The summed E-state index contributed by atoms with van der Waals surface area (Å²) in [5, 5.41) is 1.74. The summed E-state index contributed by atoms with van der Waals surface area (Å²) < 4.78 is 13.8. The molecule has 3 heterocycles. The molecule has 0 unspecified atom stereocenters. The maximum atomic E-state index is 12.5. The van der Waals surface area contributed by atoms with E-state index in [4.69, 9.17) is 37.3 Å². The van der Waals surface area contributed by atoms with Crippen molar-refractivity contribution in [3.8, 4) is 5.69 Å². The third-order valence-electron chi connectivity index (χ3n) is 7.25. The summed E-state index contributed by atoms with van der Waals surface area (Å²) in [6.45, 7) is 11.8. The molecule has 35 heavy (non-hydrogen) atoms. The van der Waals surface area contributed by atoms with E-state index >= 15 is 0 Å². The molecule has 0 N–H and O–H groups in total. The lowest BCUT2D eigenvalue weighted by Gasteiger charge is -2.40. The maximum Gasteiger partial charge on any atom is 0.307 e. The van der Waals surface area contributed by atoms with Crippen molar-refractivity contribution in [2.75, 3.05) is 18.6 Å². The number of pyridine rings is 1. The summed E-state index contributed by atoms with van der Waals surface area (Å²) >= 11 is 13.0. The Morgan fingerprint density at radius 2 is 2.00 bits per heavy atom. The smallest absolute Gasteiger partial charge is 0.307 e. The number of benzene rings is 1. The Labute approximate surface area is 217 Å². The van der Waals surface area contributed by atoms with E-state index < -0.39 is 8.32 Å². The quantitative estimate of drug-likeness (QED) is 0.274. The molecule has 0 amide bonds. The molecule has 7 nitrogen and oxygen atoms in total. The Morgan fingerprint density at radius 3 is 2.63 bits per heavy atom. The highest BCUT2D eigenvalue weighted by molar-refractivity contribution is 6.74. The minimum Gasteiger partial charge on any atom is -0.469 e. The Balaban J connectivity index is 1.81. The Kier molecular flexibility index (Phi) is 7.21. The second-order valence-electron chi connectivity index (χ2n) is 10.5. The molecule has 1 aromatic carbocycles. The molecule has 2 aromatic heterocycles. The first-order chi connectivity index (χ1) is 16.4. The minimum absolute atomic E-state index is 0.0519. The van der Waals surface area contributed by atoms with Crippen LogP contribution in [0.3, 0.4) is 0 Å². The summed E-state index contributed by atoms with van der Waals surface area (Å²) in [7, 11) is -0.653. The van der Waals surface area contributed by atoms with Crippen LogP contribution in [0.2, 0.25) is 28.2 Å². The van der Waals surface area contributed by atoms with Crippen LogP contribution in [0.1, 0.15) is 33.6 Å². The highest BCUT2D eigenvalue weighted by Gasteiger charge is 2.45. The van der Waals surface area contributed by atoms with E-state index in [1.807, 2.05) is 22.9 Å². The van der Waals surface area contributed by atoms with Crippen molar-refractivity contribution < 1.29 is 14.0 Å². The molecule has 1 aliphatic heterocycles. The van der Waals surface area contributed by atoms with Crippen molar-refractivity contribution in [1.29, 1.82) is 0 Å². The molecule has 0 bridgehead atoms. The topological polar surface area (TPSA) is 69.5 Å². The van der Waals surface area contributed by atoms with E-state index in [9.17, 15) is 4.79 Å². The number of carbonyl (C=O) groups is 1. The van der Waals surface area contributed by atoms with Crippen LogP contribution in [0.4, 0.5) is 5.82 Å². The van der Waals surface area contributed by atoms with Gasteiger partial charge in [-0.15, -0.1) is 0 Å².